The van der Waals surface area contributed by atoms with E-state index in [2.05, 4.69) is 17.2 Å². The van der Waals surface area contributed by atoms with Gasteiger partial charge in [-0.3, -0.25) is 4.79 Å². The van der Waals surface area contributed by atoms with Crippen molar-refractivity contribution in [3.63, 3.8) is 0 Å². The van der Waals surface area contributed by atoms with Crippen LogP contribution < -0.4 is 5.32 Å². The molecule has 5 heteroatoms. The number of nitrogens with one attached hydrogen (secondary N) is 1. The van der Waals surface area contributed by atoms with E-state index in [0.717, 1.165) is 10.4 Å². The van der Waals surface area contributed by atoms with Gasteiger partial charge in [0.1, 0.15) is 5.82 Å². The number of carbonyl (C=O) groups excluding carboxylic acids is 1. The summed E-state index contributed by atoms with van der Waals surface area (Å²) in [5.74, 6) is 5.08. The van der Waals surface area contributed by atoms with Crippen molar-refractivity contribution in [1.29, 1.82) is 0 Å². The number of anilines is 1. The fourth-order valence-corrected chi connectivity index (χ4v) is 2.62. The second-order valence-corrected chi connectivity index (χ2v) is 5.41. The van der Waals surface area contributed by atoms with E-state index in [4.69, 9.17) is 5.11 Å². The number of hydrogen-bond donors (Lipinski definition) is 2. The molecule has 0 spiro atoms. The van der Waals surface area contributed by atoms with Gasteiger partial charge < -0.3 is 10.4 Å². The van der Waals surface area contributed by atoms with Crippen LogP contribution in [0, 0.1) is 24.6 Å². The van der Waals surface area contributed by atoms with Gasteiger partial charge in [-0.2, -0.15) is 0 Å². The first-order chi connectivity index (χ1) is 10.1. The number of rotatable bonds is 3. The van der Waals surface area contributed by atoms with Gasteiger partial charge in [0.2, 0.25) is 0 Å². The number of aliphatic hydroxyl groups is 1. The number of hydrogen-bond acceptors (Lipinski definition) is 3. The minimum Gasteiger partial charge on any atom is -0.395 e. The number of aliphatic hydroxyl groups excluding tert-OH is 1. The van der Waals surface area contributed by atoms with Crippen molar-refractivity contribution < 1.29 is 14.3 Å². The quantitative estimate of drug-likeness (QED) is 0.856. The van der Waals surface area contributed by atoms with Gasteiger partial charge in [0.25, 0.3) is 5.91 Å². The molecule has 2 rings (SSSR count). The highest BCUT2D eigenvalue weighted by atomic mass is 32.1. The largest absolute Gasteiger partial charge is 0.395 e. The zero-order chi connectivity index (χ0) is 15.2. The zero-order valence-corrected chi connectivity index (χ0v) is 12.3. The summed E-state index contributed by atoms with van der Waals surface area (Å²) in [6.45, 7) is 1.89. The Balaban J connectivity index is 2.13. The van der Waals surface area contributed by atoms with Crippen molar-refractivity contribution in [2.24, 2.45) is 0 Å². The van der Waals surface area contributed by atoms with Crippen LogP contribution in [0.2, 0.25) is 0 Å². The summed E-state index contributed by atoms with van der Waals surface area (Å²) < 4.78 is 13.1. The molecule has 0 saturated heterocycles. The lowest BCUT2D eigenvalue weighted by Gasteiger charge is -2.02. The van der Waals surface area contributed by atoms with Crippen LogP contribution in [0.15, 0.2) is 30.3 Å². The van der Waals surface area contributed by atoms with Crippen molar-refractivity contribution in [3.05, 3.63) is 51.5 Å². The number of carbonyl (C=O) groups is 1. The normalized spacial score (nSPS) is 9.86. The van der Waals surface area contributed by atoms with E-state index in [1.807, 2.05) is 6.92 Å². The molecule has 0 unspecified atom stereocenters. The molecule has 0 aliphatic rings. The second-order valence-electron chi connectivity index (χ2n) is 4.36. The van der Waals surface area contributed by atoms with E-state index < -0.39 is 5.82 Å². The first-order valence-corrected chi connectivity index (χ1v) is 7.19. The average Bonchev–Trinajstić information content (AvgIpc) is 2.81. The summed E-state index contributed by atoms with van der Waals surface area (Å²) in [6.07, 6.45) is 0.405. The van der Waals surface area contributed by atoms with Gasteiger partial charge in [0.05, 0.1) is 16.4 Å². The lowest BCUT2D eigenvalue weighted by molar-refractivity contribution is 0.103. The van der Waals surface area contributed by atoms with Crippen LogP contribution in [0.25, 0.3) is 0 Å². The summed E-state index contributed by atoms with van der Waals surface area (Å²) in [6, 6.07) is 7.50. The Kier molecular flexibility index (Phi) is 5.09. The SMILES string of the molecule is Cc1cc(C(=O)Nc2cccc(F)c2)sc1C#CCCO. The lowest BCUT2D eigenvalue weighted by Crippen LogP contribution is -2.10. The minimum atomic E-state index is -0.397. The Labute approximate surface area is 126 Å². The van der Waals surface area contributed by atoms with Crippen molar-refractivity contribution >= 4 is 22.9 Å². The molecule has 0 bridgehead atoms. The van der Waals surface area contributed by atoms with E-state index in [1.165, 1.54) is 29.5 Å². The molecule has 1 heterocycles. The van der Waals surface area contributed by atoms with Crippen LogP contribution in [0.5, 0.6) is 0 Å². The Morgan fingerprint density at radius 2 is 2.24 bits per heavy atom. The van der Waals surface area contributed by atoms with E-state index in [0.29, 0.717) is 17.0 Å². The molecule has 0 aliphatic heterocycles. The summed E-state index contributed by atoms with van der Waals surface area (Å²) in [7, 11) is 0. The summed E-state index contributed by atoms with van der Waals surface area (Å²) in [5.41, 5.74) is 1.33. The average molecular weight is 303 g/mol. The number of benzene rings is 1. The molecule has 0 aliphatic carbocycles. The maximum Gasteiger partial charge on any atom is 0.265 e. The predicted octanol–water partition coefficient (Wildman–Crippen LogP) is 3.18. The smallest absolute Gasteiger partial charge is 0.265 e. The van der Waals surface area contributed by atoms with Crippen LogP contribution >= 0.6 is 11.3 Å². The Morgan fingerprint density at radius 3 is 2.95 bits per heavy atom. The Bertz CT molecular complexity index is 713. The van der Waals surface area contributed by atoms with Gasteiger partial charge in [0, 0.05) is 12.1 Å². The third-order valence-corrected chi connectivity index (χ3v) is 3.81. The van der Waals surface area contributed by atoms with Gasteiger partial charge in [-0.05, 0) is 36.8 Å². The summed E-state index contributed by atoms with van der Waals surface area (Å²) in [4.78, 5) is 13.4. The Morgan fingerprint density at radius 1 is 1.43 bits per heavy atom. The summed E-state index contributed by atoms with van der Waals surface area (Å²) >= 11 is 1.28. The molecule has 0 saturated carbocycles. The number of thiophene rings is 1. The first kappa shape index (κ1) is 15.2. The van der Waals surface area contributed by atoms with Crippen molar-refractivity contribution in [2.75, 3.05) is 11.9 Å². The standard InChI is InChI=1S/C16H14FNO2S/c1-11-9-15(21-14(11)7-2-3-8-19)16(20)18-13-6-4-5-12(17)10-13/h4-6,9-10,19H,3,8H2,1H3,(H,18,20). The third kappa shape index (κ3) is 4.15. The van der Waals surface area contributed by atoms with Crippen LogP contribution in [-0.4, -0.2) is 17.6 Å². The molecular weight excluding hydrogens is 289 g/mol. The molecule has 0 radical (unpaired) electrons. The highest BCUT2D eigenvalue weighted by Crippen LogP contribution is 2.22. The van der Waals surface area contributed by atoms with E-state index in [1.54, 1.807) is 12.1 Å². The van der Waals surface area contributed by atoms with E-state index in [9.17, 15) is 9.18 Å². The summed E-state index contributed by atoms with van der Waals surface area (Å²) in [5, 5.41) is 11.3. The molecule has 2 N–H and O–H groups in total. The molecule has 3 nitrogen and oxygen atoms in total. The molecule has 1 aromatic heterocycles. The number of amides is 1. The maximum absolute atomic E-state index is 13.1. The molecular formula is C16H14FNO2S. The van der Waals surface area contributed by atoms with E-state index in [-0.39, 0.29) is 12.5 Å². The molecule has 0 fully saturated rings. The number of halogens is 1. The van der Waals surface area contributed by atoms with Gasteiger partial charge in [-0.15, -0.1) is 11.3 Å². The van der Waals surface area contributed by atoms with Crippen LogP contribution in [-0.2, 0) is 0 Å². The second kappa shape index (κ2) is 7.02. The lowest BCUT2D eigenvalue weighted by atomic mass is 10.2. The fourth-order valence-electron chi connectivity index (χ4n) is 1.68. The van der Waals surface area contributed by atoms with Gasteiger partial charge in [-0.1, -0.05) is 17.9 Å². The van der Waals surface area contributed by atoms with Crippen LogP contribution in [0.4, 0.5) is 10.1 Å². The third-order valence-electron chi connectivity index (χ3n) is 2.66. The van der Waals surface area contributed by atoms with Gasteiger partial charge >= 0.3 is 0 Å². The fraction of sp³-hybridized carbons (Fsp3) is 0.188. The van der Waals surface area contributed by atoms with Gasteiger partial charge in [-0.25, -0.2) is 4.39 Å². The minimum absolute atomic E-state index is 0.0182. The number of aryl methyl sites for hydroxylation is 1. The van der Waals surface area contributed by atoms with Crippen LogP contribution in [0.1, 0.15) is 26.5 Å². The molecule has 108 valence electrons. The monoisotopic (exact) mass is 303 g/mol. The highest BCUT2D eigenvalue weighted by Gasteiger charge is 2.12. The first-order valence-electron chi connectivity index (χ1n) is 6.37. The Hall–Kier alpha value is -2.16. The molecule has 0 atom stereocenters. The molecule has 1 aromatic carbocycles. The maximum atomic E-state index is 13.1. The molecule has 2 aromatic rings. The molecule has 1 amide bonds. The molecule has 21 heavy (non-hydrogen) atoms. The predicted molar refractivity (Wildman–Crippen MR) is 82.0 cm³/mol. The van der Waals surface area contributed by atoms with Gasteiger partial charge in [0.15, 0.2) is 0 Å². The van der Waals surface area contributed by atoms with Crippen molar-refractivity contribution in [1.82, 2.24) is 0 Å². The van der Waals surface area contributed by atoms with Crippen LogP contribution in [0.3, 0.4) is 0 Å². The van der Waals surface area contributed by atoms with E-state index >= 15 is 0 Å². The van der Waals surface area contributed by atoms with Crippen molar-refractivity contribution in [2.45, 2.75) is 13.3 Å². The topological polar surface area (TPSA) is 49.3 Å². The highest BCUT2D eigenvalue weighted by molar-refractivity contribution is 7.14. The zero-order valence-electron chi connectivity index (χ0n) is 11.4. The van der Waals surface area contributed by atoms with Crippen molar-refractivity contribution in [3.8, 4) is 11.8 Å².